The number of nitrogens with zero attached hydrogens (tertiary/aromatic N) is 2. The van der Waals surface area contributed by atoms with Crippen LogP contribution in [-0.4, -0.2) is 91.9 Å². The Labute approximate surface area is 281 Å². The number of phenols is 1. The number of hydrogen-bond donors (Lipinski definition) is 3. The van der Waals surface area contributed by atoms with E-state index in [4.69, 9.17) is 9.47 Å². The van der Waals surface area contributed by atoms with Gasteiger partial charge >= 0.3 is 4.87 Å². The zero-order valence-electron chi connectivity index (χ0n) is 24.4. The van der Waals surface area contributed by atoms with Crippen LogP contribution in [0.25, 0.3) is 10.2 Å². The van der Waals surface area contributed by atoms with Crippen LogP contribution in [0.5, 0.6) is 11.5 Å². The molecule has 0 aliphatic heterocycles. The largest absolute Gasteiger partial charge is 0.506 e. The number of H-pyrrole nitrogens is 1. The van der Waals surface area contributed by atoms with Gasteiger partial charge in [0.05, 0.1) is 31.4 Å². The van der Waals surface area contributed by atoms with Crippen LogP contribution >= 0.6 is 61.2 Å². The van der Waals surface area contributed by atoms with Crippen LogP contribution in [0.4, 0.5) is 0 Å². The lowest BCUT2D eigenvalue weighted by molar-refractivity contribution is -0.132. The molecule has 1 amide bonds. The first-order chi connectivity index (χ1) is 19.4. The number of thiazole rings is 1. The maximum atomic E-state index is 13.1. The highest BCUT2D eigenvalue weighted by Crippen LogP contribution is 2.28. The SMILES string of the molecule is Br.Br.CCN(CC)CCN(CCNCCc1ccc(O)c2[nH]c(=O)sc12)C(=O)CCOCCc1cc(OC)ccc1Br. The summed E-state index contributed by atoms with van der Waals surface area (Å²) >= 11 is 4.68. The predicted octanol–water partition coefficient (Wildman–Crippen LogP) is 5.17. The Morgan fingerprint density at radius 3 is 2.50 bits per heavy atom. The first-order valence-electron chi connectivity index (χ1n) is 13.8. The first kappa shape index (κ1) is 38.5. The molecule has 2 aromatic carbocycles. The monoisotopic (exact) mass is 796 g/mol. The molecule has 1 heterocycles. The van der Waals surface area contributed by atoms with Crippen molar-refractivity contribution in [3.8, 4) is 11.5 Å². The van der Waals surface area contributed by atoms with Gasteiger partial charge in [0, 0.05) is 30.7 Å². The Kier molecular flexibility index (Phi) is 18.8. The second kappa shape index (κ2) is 20.5. The van der Waals surface area contributed by atoms with Crippen LogP contribution in [0.1, 0.15) is 31.4 Å². The quantitative estimate of drug-likeness (QED) is 0.153. The average molecular weight is 799 g/mol. The number of phenolic OH excluding ortho intramolecular Hbond substituents is 1. The Bertz CT molecular complexity index is 1290. The number of carbonyl (C=O) groups excluding carboxylic acids is 1. The number of methoxy groups -OCH3 is 1. The average Bonchev–Trinajstić information content (AvgIpc) is 3.36. The van der Waals surface area contributed by atoms with Crippen LogP contribution in [0.15, 0.2) is 39.6 Å². The normalized spacial score (nSPS) is 10.9. The molecular weight excluding hydrogens is 756 g/mol. The molecule has 0 spiro atoms. The topological polar surface area (TPSA) is 107 Å². The van der Waals surface area contributed by atoms with Gasteiger partial charge in [0.15, 0.2) is 0 Å². The number of carbonyl (C=O) groups is 1. The molecule has 236 valence electrons. The van der Waals surface area contributed by atoms with Gasteiger partial charge in [0.25, 0.3) is 0 Å². The Morgan fingerprint density at radius 1 is 1.02 bits per heavy atom. The van der Waals surface area contributed by atoms with Crippen molar-refractivity contribution < 1.29 is 19.4 Å². The minimum atomic E-state index is -0.176. The summed E-state index contributed by atoms with van der Waals surface area (Å²) in [6.45, 7) is 10.6. The van der Waals surface area contributed by atoms with Crippen LogP contribution in [0, 0.1) is 0 Å². The molecule has 13 heteroatoms. The molecule has 0 bridgehead atoms. The number of halogens is 3. The number of benzene rings is 2. The van der Waals surface area contributed by atoms with Crippen LogP contribution in [0.2, 0.25) is 0 Å². The molecule has 3 N–H and O–H groups in total. The van der Waals surface area contributed by atoms with Crippen molar-refractivity contribution in [3.63, 3.8) is 0 Å². The molecule has 0 atom stereocenters. The Morgan fingerprint density at radius 2 is 1.79 bits per heavy atom. The van der Waals surface area contributed by atoms with Gasteiger partial charge in [-0.1, -0.05) is 47.2 Å². The summed E-state index contributed by atoms with van der Waals surface area (Å²) < 4.78 is 12.9. The summed E-state index contributed by atoms with van der Waals surface area (Å²) in [5.41, 5.74) is 2.62. The number of ether oxygens (including phenoxy) is 2. The second-order valence-corrected chi connectivity index (χ2v) is 11.3. The maximum Gasteiger partial charge on any atom is 0.305 e. The molecule has 0 saturated heterocycles. The minimum Gasteiger partial charge on any atom is -0.506 e. The fourth-order valence-corrected chi connectivity index (χ4v) is 5.81. The highest BCUT2D eigenvalue weighted by Gasteiger charge is 2.15. The van der Waals surface area contributed by atoms with E-state index in [9.17, 15) is 14.7 Å². The van der Waals surface area contributed by atoms with Crippen molar-refractivity contribution >= 4 is 77.4 Å². The number of aromatic nitrogens is 1. The number of amides is 1. The number of aromatic amines is 1. The second-order valence-electron chi connectivity index (χ2n) is 9.44. The van der Waals surface area contributed by atoms with E-state index in [-0.39, 0.29) is 50.5 Å². The molecule has 0 radical (unpaired) electrons. The molecule has 0 unspecified atom stereocenters. The van der Waals surface area contributed by atoms with Crippen molar-refractivity contribution in [1.29, 1.82) is 0 Å². The smallest absolute Gasteiger partial charge is 0.305 e. The van der Waals surface area contributed by atoms with E-state index in [0.29, 0.717) is 51.3 Å². The number of aromatic hydroxyl groups is 1. The minimum absolute atomic E-state index is 0. The third-order valence-electron chi connectivity index (χ3n) is 6.93. The number of fused-ring (bicyclic) bond motifs is 1. The summed E-state index contributed by atoms with van der Waals surface area (Å²) in [4.78, 5) is 31.6. The van der Waals surface area contributed by atoms with E-state index < -0.39 is 0 Å². The van der Waals surface area contributed by atoms with E-state index in [1.165, 1.54) is 0 Å². The molecular formula is C29H43Br3N4O5S. The van der Waals surface area contributed by atoms with Crippen LogP contribution < -0.4 is 14.9 Å². The highest BCUT2D eigenvalue weighted by molar-refractivity contribution is 9.10. The van der Waals surface area contributed by atoms with Crippen LogP contribution in [-0.2, 0) is 22.4 Å². The molecule has 0 saturated carbocycles. The van der Waals surface area contributed by atoms with Crippen molar-refractivity contribution in [1.82, 2.24) is 20.1 Å². The van der Waals surface area contributed by atoms with Crippen LogP contribution in [0.3, 0.4) is 0 Å². The number of hydrogen-bond acceptors (Lipinski definition) is 8. The Hall–Kier alpha value is -1.48. The van der Waals surface area contributed by atoms with Gasteiger partial charge in [-0.25, -0.2) is 0 Å². The molecule has 9 nitrogen and oxygen atoms in total. The summed E-state index contributed by atoms with van der Waals surface area (Å²) in [7, 11) is 1.65. The van der Waals surface area contributed by atoms with Gasteiger partial charge < -0.3 is 34.7 Å². The fraction of sp³-hybridized carbons (Fsp3) is 0.517. The van der Waals surface area contributed by atoms with E-state index in [2.05, 4.69) is 45.0 Å². The molecule has 0 aliphatic rings. The van der Waals surface area contributed by atoms with Gasteiger partial charge in [-0.15, -0.1) is 34.0 Å². The summed E-state index contributed by atoms with van der Waals surface area (Å²) in [5, 5.41) is 13.4. The molecule has 1 aromatic heterocycles. The van der Waals surface area contributed by atoms with E-state index in [1.807, 2.05) is 29.2 Å². The van der Waals surface area contributed by atoms with Gasteiger partial charge in [0.2, 0.25) is 5.91 Å². The summed E-state index contributed by atoms with van der Waals surface area (Å²) in [5.74, 6) is 0.988. The molecule has 0 aliphatic carbocycles. The number of rotatable bonds is 18. The lowest BCUT2D eigenvalue weighted by Crippen LogP contribution is -2.42. The zero-order valence-corrected chi connectivity index (χ0v) is 30.3. The third kappa shape index (κ3) is 11.9. The lowest BCUT2D eigenvalue weighted by Gasteiger charge is -2.27. The van der Waals surface area contributed by atoms with E-state index in [0.717, 1.165) is 69.9 Å². The van der Waals surface area contributed by atoms with Gasteiger partial charge in [-0.05, 0) is 67.9 Å². The standard InChI is InChI=1S/C29H41BrN4O5S.2BrH/c1-4-33(5-2)16-17-34(26(36)12-19-39-18-11-22-20-23(38-3)7-8-24(22)30)15-14-31-13-10-21-6-9-25(35)27-28(21)40-29(37)32-27;;/h6-9,20,31,35H,4-5,10-19H2,1-3H3,(H,32,37);2*1H. The van der Waals surface area contributed by atoms with Crippen molar-refractivity contribution in [2.45, 2.75) is 33.1 Å². The molecule has 3 rings (SSSR count). The van der Waals surface area contributed by atoms with Gasteiger partial charge in [0.1, 0.15) is 17.0 Å². The van der Waals surface area contributed by atoms with Gasteiger partial charge in [-0.3, -0.25) is 9.59 Å². The lowest BCUT2D eigenvalue weighted by atomic mass is 10.1. The zero-order chi connectivity index (χ0) is 28.9. The van der Waals surface area contributed by atoms with Crippen molar-refractivity contribution in [2.24, 2.45) is 0 Å². The number of nitrogens with one attached hydrogen (secondary N) is 2. The van der Waals surface area contributed by atoms with Crippen molar-refractivity contribution in [3.05, 3.63) is 55.6 Å². The molecule has 3 aromatic rings. The number of likely N-dealkylation sites (N-methyl/N-ethyl adjacent to an activating group) is 1. The highest BCUT2D eigenvalue weighted by atomic mass is 79.9. The van der Waals surface area contributed by atoms with Gasteiger partial charge in [-0.2, -0.15) is 0 Å². The Balaban J connectivity index is 0.00000441. The van der Waals surface area contributed by atoms with Crippen molar-refractivity contribution in [2.75, 3.05) is 66.1 Å². The summed E-state index contributed by atoms with van der Waals surface area (Å²) in [6, 6.07) is 9.34. The van der Waals surface area contributed by atoms with E-state index >= 15 is 0 Å². The molecule has 42 heavy (non-hydrogen) atoms. The summed E-state index contributed by atoms with van der Waals surface area (Å²) in [6.07, 6.45) is 1.79. The maximum absolute atomic E-state index is 13.1. The molecule has 0 fully saturated rings. The first-order valence-corrected chi connectivity index (χ1v) is 15.4. The predicted molar refractivity (Wildman–Crippen MR) is 186 cm³/mol. The fourth-order valence-electron chi connectivity index (χ4n) is 4.47. The third-order valence-corrected chi connectivity index (χ3v) is 8.66. The van der Waals surface area contributed by atoms with E-state index in [1.54, 1.807) is 13.2 Å².